The maximum atomic E-state index is 12.9. The minimum absolute atomic E-state index is 0.159. The fourth-order valence-corrected chi connectivity index (χ4v) is 3.03. The van der Waals surface area contributed by atoms with Crippen LogP contribution in [0.4, 0.5) is 0 Å². The van der Waals surface area contributed by atoms with Gasteiger partial charge >= 0.3 is 0 Å². The molecule has 1 unspecified atom stereocenters. The molecule has 1 N–H and O–H groups in total. The second-order valence-electron chi connectivity index (χ2n) is 5.53. The first-order valence-electron chi connectivity index (χ1n) is 6.92. The minimum atomic E-state index is -0.159. The third kappa shape index (κ3) is 2.22. The highest BCUT2D eigenvalue weighted by Gasteiger charge is 2.40. The van der Waals surface area contributed by atoms with E-state index in [0.717, 1.165) is 43.5 Å². The zero-order chi connectivity index (χ0) is 13.2. The zero-order valence-electron chi connectivity index (χ0n) is 11.7. The summed E-state index contributed by atoms with van der Waals surface area (Å²) in [5.74, 6) is 0.343. The van der Waals surface area contributed by atoms with E-state index >= 15 is 0 Å². The van der Waals surface area contributed by atoms with Crippen molar-refractivity contribution in [1.29, 1.82) is 0 Å². The molecule has 0 saturated carbocycles. The van der Waals surface area contributed by atoms with Crippen molar-refractivity contribution in [1.82, 2.24) is 5.32 Å². The molecule has 1 saturated heterocycles. The Morgan fingerprint density at radius 3 is 2.78 bits per heavy atom. The van der Waals surface area contributed by atoms with Gasteiger partial charge in [0.15, 0.2) is 5.78 Å². The summed E-state index contributed by atoms with van der Waals surface area (Å²) in [6.07, 6.45) is 3.04. The molecule has 0 bridgehead atoms. The number of ketones is 1. The van der Waals surface area contributed by atoms with Crippen LogP contribution >= 0.6 is 0 Å². The quantitative estimate of drug-likeness (QED) is 0.825. The van der Waals surface area contributed by atoms with Crippen molar-refractivity contribution in [2.75, 3.05) is 13.1 Å². The van der Waals surface area contributed by atoms with E-state index in [4.69, 9.17) is 0 Å². The fourth-order valence-electron chi connectivity index (χ4n) is 3.03. The molecule has 0 aromatic heterocycles. The highest BCUT2D eigenvalue weighted by Crippen LogP contribution is 2.35. The Balaban J connectivity index is 2.37. The maximum absolute atomic E-state index is 12.9. The molecular weight excluding hydrogens is 222 g/mol. The predicted molar refractivity (Wildman–Crippen MR) is 75.1 cm³/mol. The highest BCUT2D eigenvalue weighted by molar-refractivity contribution is 6.02. The number of aryl methyl sites for hydroxylation is 1. The van der Waals surface area contributed by atoms with Crippen LogP contribution in [0.15, 0.2) is 18.2 Å². The normalized spacial score (nSPS) is 23.3. The molecule has 18 heavy (non-hydrogen) atoms. The van der Waals surface area contributed by atoms with Gasteiger partial charge in [-0.05, 0) is 44.4 Å². The molecule has 1 aromatic carbocycles. The molecule has 98 valence electrons. The molecule has 1 aromatic rings. The number of rotatable bonds is 4. The number of nitrogens with one attached hydrogen (secondary N) is 1. The lowest BCUT2D eigenvalue weighted by Gasteiger charge is -2.27. The highest BCUT2D eigenvalue weighted by atomic mass is 16.1. The molecule has 0 amide bonds. The Hall–Kier alpha value is -1.15. The SMILES string of the molecule is CCCC1(C(=O)c2cccc(C)c2C)CCNC1. The molecule has 1 aliphatic rings. The summed E-state index contributed by atoms with van der Waals surface area (Å²) in [5, 5.41) is 3.36. The van der Waals surface area contributed by atoms with Crippen LogP contribution in [0, 0.1) is 19.3 Å². The van der Waals surface area contributed by atoms with Gasteiger partial charge in [0.2, 0.25) is 0 Å². The lowest BCUT2D eigenvalue weighted by molar-refractivity contribution is 0.0801. The third-order valence-corrected chi connectivity index (χ3v) is 4.30. The second-order valence-corrected chi connectivity index (χ2v) is 5.53. The van der Waals surface area contributed by atoms with Crippen LogP contribution < -0.4 is 5.32 Å². The molecule has 2 nitrogen and oxygen atoms in total. The van der Waals surface area contributed by atoms with Crippen molar-refractivity contribution in [3.05, 3.63) is 34.9 Å². The molecular formula is C16H23NO. The summed E-state index contributed by atoms with van der Waals surface area (Å²) < 4.78 is 0. The Kier molecular flexibility index (Phi) is 3.86. The number of benzene rings is 1. The molecule has 1 fully saturated rings. The summed E-state index contributed by atoms with van der Waals surface area (Å²) in [7, 11) is 0. The molecule has 1 aliphatic heterocycles. The lowest BCUT2D eigenvalue weighted by atomic mass is 9.75. The van der Waals surface area contributed by atoms with Crippen LogP contribution in [0.5, 0.6) is 0 Å². The van der Waals surface area contributed by atoms with Gasteiger partial charge < -0.3 is 5.32 Å². The van der Waals surface area contributed by atoms with Crippen LogP contribution in [0.1, 0.15) is 47.7 Å². The lowest BCUT2D eigenvalue weighted by Crippen LogP contribution is -2.34. The molecule has 1 atom stereocenters. The van der Waals surface area contributed by atoms with Gasteiger partial charge in [0.1, 0.15) is 0 Å². The first-order chi connectivity index (χ1) is 8.60. The number of hydrogen-bond acceptors (Lipinski definition) is 2. The van der Waals surface area contributed by atoms with E-state index in [-0.39, 0.29) is 5.41 Å². The van der Waals surface area contributed by atoms with Gasteiger partial charge in [0, 0.05) is 17.5 Å². The second kappa shape index (κ2) is 5.23. The Bertz CT molecular complexity index is 444. The summed E-state index contributed by atoms with van der Waals surface area (Å²) in [4.78, 5) is 12.9. The summed E-state index contributed by atoms with van der Waals surface area (Å²) in [5.41, 5.74) is 3.11. The Morgan fingerprint density at radius 2 is 2.17 bits per heavy atom. The number of carbonyl (C=O) groups excluding carboxylic acids is 1. The average molecular weight is 245 g/mol. The number of carbonyl (C=O) groups is 1. The van der Waals surface area contributed by atoms with Crippen LogP contribution in [0.3, 0.4) is 0 Å². The largest absolute Gasteiger partial charge is 0.316 e. The van der Waals surface area contributed by atoms with Gasteiger partial charge in [0.05, 0.1) is 0 Å². The van der Waals surface area contributed by atoms with Crippen LogP contribution in [0.25, 0.3) is 0 Å². The Morgan fingerprint density at radius 1 is 1.39 bits per heavy atom. The first kappa shape index (κ1) is 13.3. The van der Waals surface area contributed by atoms with E-state index in [1.54, 1.807) is 0 Å². The van der Waals surface area contributed by atoms with E-state index in [0.29, 0.717) is 5.78 Å². The van der Waals surface area contributed by atoms with Crippen molar-refractivity contribution in [3.8, 4) is 0 Å². The number of hydrogen-bond donors (Lipinski definition) is 1. The van der Waals surface area contributed by atoms with Crippen LogP contribution in [0.2, 0.25) is 0 Å². The van der Waals surface area contributed by atoms with Gasteiger partial charge in [-0.15, -0.1) is 0 Å². The van der Waals surface area contributed by atoms with Crippen LogP contribution in [-0.4, -0.2) is 18.9 Å². The van der Waals surface area contributed by atoms with E-state index in [1.807, 2.05) is 12.1 Å². The van der Waals surface area contributed by atoms with Crippen molar-refractivity contribution < 1.29 is 4.79 Å². The monoisotopic (exact) mass is 245 g/mol. The van der Waals surface area contributed by atoms with Crippen LogP contribution in [-0.2, 0) is 0 Å². The van der Waals surface area contributed by atoms with Gasteiger partial charge in [-0.25, -0.2) is 0 Å². The van der Waals surface area contributed by atoms with Crippen molar-refractivity contribution >= 4 is 5.78 Å². The van der Waals surface area contributed by atoms with Crippen molar-refractivity contribution in [2.24, 2.45) is 5.41 Å². The standard InChI is InChI=1S/C16H23NO/c1-4-8-16(9-10-17-11-16)15(18)14-7-5-6-12(2)13(14)3/h5-7,17H,4,8-11H2,1-3H3. The first-order valence-corrected chi connectivity index (χ1v) is 6.92. The zero-order valence-corrected chi connectivity index (χ0v) is 11.7. The van der Waals surface area contributed by atoms with E-state index < -0.39 is 0 Å². The van der Waals surface area contributed by atoms with E-state index in [1.165, 1.54) is 5.56 Å². The predicted octanol–water partition coefficient (Wildman–Crippen LogP) is 3.27. The summed E-state index contributed by atoms with van der Waals surface area (Å²) in [6, 6.07) is 6.06. The van der Waals surface area contributed by atoms with E-state index in [2.05, 4.69) is 32.2 Å². The molecule has 1 heterocycles. The van der Waals surface area contributed by atoms with Crippen molar-refractivity contribution in [3.63, 3.8) is 0 Å². The van der Waals surface area contributed by atoms with Gasteiger partial charge in [-0.3, -0.25) is 4.79 Å². The smallest absolute Gasteiger partial charge is 0.170 e. The molecule has 2 rings (SSSR count). The fraction of sp³-hybridized carbons (Fsp3) is 0.562. The topological polar surface area (TPSA) is 29.1 Å². The summed E-state index contributed by atoms with van der Waals surface area (Å²) >= 11 is 0. The Labute approximate surface area is 110 Å². The molecule has 0 radical (unpaired) electrons. The number of Topliss-reactive ketones (excluding diaryl/α,β-unsaturated/α-hetero) is 1. The summed E-state index contributed by atoms with van der Waals surface area (Å²) in [6.45, 7) is 8.11. The molecule has 0 aliphatic carbocycles. The minimum Gasteiger partial charge on any atom is -0.316 e. The van der Waals surface area contributed by atoms with Gasteiger partial charge in [0.25, 0.3) is 0 Å². The maximum Gasteiger partial charge on any atom is 0.170 e. The van der Waals surface area contributed by atoms with E-state index in [9.17, 15) is 4.79 Å². The average Bonchev–Trinajstić information content (AvgIpc) is 2.82. The van der Waals surface area contributed by atoms with Crippen molar-refractivity contribution in [2.45, 2.75) is 40.0 Å². The van der Waals surface area contributed by atoms with Gasteiger partial charge in [-0.2, -0.15) is 0 Å². The molecule has 2 heteroatoms. The molecule has 0 spiro atoms. The van der Waals surface area contributed by atoms with Gasteiger partial charge in [-0.1, -0.05) is 31.5 Å². The third-order valence-electron chi connectivity index (χ3n) is 4.30.